The van der Waals surface area contributed by atoms with Gasteiger partial charge in [-0.15, -0.1) is 0 Å². The molecule has 0 spiro atoms. The van der Waals surface area contributed by atoms with Crippen LogP contribution in [0.3, 0.4) is 0 Å². The molecule has 0 fully saturated rings. The van der Waals surface area contributed by atoms with Gasteiger partial charge in [0, 0.05) is 31.7 Å². The summed E-state index contributed by atoms with van der Waals surface area (Å²) in [5, 5.41) is 17.6. The van der Waals surface area contributed by atoms with Crippen molar-refractivity contribution in [3.8, 4) is 0 Å². The third-order valence-corrected chi connectivity index (χ3v) is 6.12. The summed E-state index contributed by atoms with van der Waals surface area (Å²) >= 11 is 5.93. The fourth-order valence-corrected chi connectivity index (χ4v) is 3.57. The van der Waals surface area contributed by atoms with Gasteiger partial charge in [-0.05, 0) is 41.3 Å². The van der Waals surface area contributed by atoms with E-state index in [1.165, 1.54) is 48.5 Å². The zero-order chi connectivity index (χ0) is 28.5. The van der Waals surface area contributed by atoms with Gasteiger partial charge in [0.2, 0.25) is 5.91 Å². The van der Waals surface area contributed by atoms with Crippen LogP contribution in [0, 0.1) is 11.6 Å². The summed E-state index contributed by atoms with van der Waals surface area (Å²) in [5.41, 5.74) is 5.85. The van der Waals surface area contributed by atoms with Crippen molar-refractivity contribution in [3.63, 3.8) is 0 Å². The molecule has 0 bridgehead atoms. The van der Waals surface area contributed by atoms with Crippen LogP contribution in [0.1, 0.15) is 5.56 Å². The summed E-state index contributed by atoms with van der Waals surface area (Å²) in [5.74, 6) is -1.66. The van der Waals surface area contributed by atoms with E-state index in [1.807, 2.05) is 0 Å². The maximum Gasteiger partial charge on any atom is 0.412 e. The number of fused-ring (bicyclic) bond motifs is 1. The van der Waals surface area contributed by atoms with Crippen LogP contribution in [0.5, 0.6) is 0 Å². The number of anilines is 1. The summed E-state index contributed by atoms with van der Waals surface area (Å²) < 4.78 is 32.5. The Hall–Kier alpha value is -4.07. The number of aromatic nitrogens is 1. The van der Waals surface area contributed by atoms with Crippen LogP contribution in [0.25, 0.3) is 10.8 Å². The minimum absolute atomic E-state index is 0.0934. The molecule has 4 amide bonds. The fourth-order valence-electron chi connectivity index (χ4n) is 3.38. The Morgan fingerprint density at radius 3 is 2.67 bits per heavy atom. The van der Waals surface area contributed by atoms with Crippen molar-refractivity contribution in [2.75, 3.05) is 32.1 Å². The van der Waals surface area contributed by atoms with Crippen LogP contribution >= 0.6 is 11.6 Å². The van der Waals surface area contributed by atoms with E-state index in [4.69, 9.17) is 27.2 Å². The number of nitrogens with one attached hydrogen (secondary N) is 3. The van der Waals surface area contributed by atoms with Crippen molar-refractivity contribution in [1.29, 1.82) is 0 Å². The smallest absolute Gasteiger partial charge is 0.412 e. The van der Waals surface area contributed by atoms with Gasteiger partial charge in [0.25, 0.3) is 0 Å². The van der Waals surface area contributed by atoms with Crippen LogP contribution in [-0.4, -0.2) is 71.9 Å². The number of halogens is 3. The van der Waals surface area contributed by atoms with E-state index >= 15 is 0 Å². The van der Waals surface area contributed by atoms with E-state index < -0.39 is 48.4 Å². The topological polar surface area (TPSA) is 159 Å². The number of hydrogen-bond acceptors (Lipinski definition) is 7. The number of likely N-dealkylation sites (N-methyl/N-ethyl adjacent to an activating group) is 1. The number of pyridine rings is 1. The van der Waals surface area contributed by atoms with Crippen LogP contribution in [-0.2, 0) is 16.1 Å². The number of benzene rings is 2. The number of aliphatic hydroxyl groups excluding tert-OH is 1. The number of nitrogens with zero attached hydrogens (tertiary/aromatic N) is 2. The van der Waals surface area contributed by atoms with Gasteiger partial charge >= 0.3 is 12.1 Å². The van der Waals surface area contributed by atoms with Gasteiger partial charge in [0.1, 0.15) is 30.1 Å². The van der Waals surface area contributed by atoms with Crippen molar-refractivity contribution >= 4 is 46.2 Å². The first-order valence-electron chi connectivity index (χ1n) is 11.7. The van der Waals surface area contributed by atoms with E-state index in [0.717, 1.165) is 0 Å². The Labute approximate surface area is 227 Å². The fraction of sp³-hybridized carbons (Fsp3) is 0.280. The van der Waals surface area contributed by atoms with Crippen LogP contribution in [0.15, 0.2) is 48.7 Å². The lowest BCUT2D eigenvalue weighted by atomic mass is 10.2. The second kappa shape index (κ2) is 13.6. The molecule has 11 nitrogen and oxygen atoms in total. The molecule has 39 heavy (non-hydrogen) atoms. The van der Waals surface area contributed by atoms with Crippen LogP contribution in [0.4, 0.5) is 24.2 Å². The molecule has 1 heterocycles. The molecule has 0 saturated heterocycles. The van der Waals surface area contributed by atoms with Crippen molar-refractivity contribution in [3.05, 3.63) is 70.9 Å². The molecule has 0 aliphatic rings. The molecule has 1 aromatic heterocycles. The molecule has 14 heteroatoms. The minimum Gasteiger partial charge on any atom is -0.447 e. The van der Waals surface area contributed by atoms with E-state index in [9.17, 15) is 23.2 Å². The molecule has 3 rings (SSSR count). The van der Waals surface area contributed by atoms with Crippen molar-refractivity contribution in [2.45, 2.75) is 18.6 Å². The molecular weight excluding hydrogens is 538 g/mol. The normalized spacial score (nSPS) is 12.4. The Bertz CT molecular complexity index is 1350. The van der Waals surface area contributed by atoms with Gasteiger partial charge in [-0.3, -0.25) is 10.1 Å². The number of carbonyl (C=O) groups excluding carboxylic acids is 3. The highest BCUT2D eigenvalue weighted by atomic mass is 35.5. The molecule has 208 valence electrons. The third-order valence-electron chi connectivity index (χ3n) is 5.70. The summed E-state index contributed by atoms with van der Waals surface area (Å²) in [7, 11) is 1.39. The average Bonchev–Trinajstić information content (AvgIpc) is 2.92. The summed E-state index contributed by atoms with van der Waals surface area (Å²) in [4.78, 5) is 42.5. The molecule has 2 atom stereocenters. The standard InChI is InChI=1S/C25H27ClF2N6O5/c1-34(24(37)32-10-15-3-2-4-19(28)22(15)26)18(11-31-23(36)20(29)12-35)13-39-25(38)33-21-8-16-7-17(27)6-5-14(16)9-30-21/h2-9,18,20,35H,10-13,29H2,1H3,(H,31,36)(H,32,37)(H,30,33,38)/t18-,20-/m0/s1. The van der Waals surface area contributed by atoms with Crippen LogP contribution < -0.4 is 21.7 Å². The number of aliphatic hydroxyl groups is 1. The van der Waals surface area contributed by atoms with Crippen LogP contribution in [0.2, 0.25) is 5.02 Å². The maximum atomic E-state index is 13.7. The number of urea groups is 1. The quantitative estimate of drug-likeness (QED) is 0.253. The van der Waals surface area contributed by atoms with Gasteiger partial charge in [-0.25, -0.2) is 23.4 Å². The van der Waals surface area contributed by atoms with E-state index in [-0.39, 0.29) is 30.5 Å². The Kier molecular flexibility index (Phi) is 10.3. The van der Waals surface area contributed by atoms with E-state index in [1.54, 1.807) is 12.1 Å². The molecule has 6 N–H and O–H groups in total. The predicted molar refractivity (Wildman–Crippen MR) is 140 cm³/mol. The lowest BCUT2D eigenvalue weighted by molar-refractivity contribution is -0.123. The molecule has 0 aliphatic carbocycles. The number of rotatable bonds is 10. The molecule has 0 aliphatic heterocycles. The van der Waals surface area contributed by atoms with Gasteiger partial charge in [-0.2, -0.15) is 0 Å². The lowest BCUT2D eigenvalue weighted by Gasteiger charge is -2.28. The van der Waals surface area contributed by atoms with Crippen molar-refractivity contribution < 1.29 is 33.0 Å². The third kappa shape index (κ3) is 8.21. The Morgan fingerprint density at radius 1 is 1.15 bits per heavy atom. The number of carbonyl (C=O) groups is 3. The van der Waals surface area contributed by atoms with E-state index in [2.05, 4.69) is 20.9 Å². The van der Waals surface area contributed by atoms with Crippen molar-refractivity contribution in [2.24, 2.45) is 5.73 Å². The molecule has 2 aromatic carbocycles. The highest BCUT2D eigenvalue weighted by Crippen LogP contribution is 2.20. The first-order valence-corrected chi connectivity index (χ1v) is 12.0. The average molecular weight is 565 g/mol. The second-order valence-corrected chi connectivity index (χ2v) is 8.83. The number of hydrogen-bond donors (Lipinski definition) is 5. The molecule has 0 unspecified atom stereocenters. The summed E-state index contributed by atoms with van der Waals surface area (Å²) in [6, 6.07) is 7.05. The second-order valence-electron chi connectivity index (χ2n) is 8.46. The Balaban J connectivity index is 1.64. The predicted octanol–water partition coefficient (Wildman–Crippen LogP) is 2.36. The highest BCUT2D eigenvalue weighted by molar-refractivity contribution is 6.31. The van der Waals surface area contributed by atoms with Gasteiger partial charge in [0.15, 0.2) is 0 Å². The number of amides is 4. The molecule has 0 radical (unpaired) electrons. The molecule has 3 aromatic rings. The zero-order valence-corrected chi connectivity index (χ0v) is 21.5. The van der Waals surface area contributed by atoms with Gasteiger partial charge < -0.3 is 31.1 Å². The largest absolute Gasteiger partial charge is 0.447 e. The molecular formula is C25H27ClF2N6O5. The van der Waals surface area contributed by atoms with E-state index in [0.29, 0.717) is 16.3 Å². The number of nitrogens with two attached hydrogens (primary N) is 1. The minimum atomic E-state index is -1.19. The van der Waals surface area contributed by atoms with Gasteiger partial charge in [0.05, 0.1) is 17.7 Å². The maximum absolute atomic E-state index is 13.7. The Morgan fingerprint density at radius 2 is 1.92 bits per heavy atom. The SMILES string of the molecule is CN(C(=O)NCc1cccc(F)c1Cl)[C@@H](CNC(=O)[C@@H](N)CO)COC(=O)Nc1cc2cc(F)ccc2cn1. The highest BCUT2D eigenvalue weighted by Gasteiger charge is 2.24. The lowest BCUT2D eigenvalue weighted by Crippen LogP contribution is -2.53. The first-order chi connectivity index (χ1) is 18.6. The monoisotopic (exact) mass is 564 g/mol. The number of ether oxygens (including phenoxy) is 1. The molecule has 0 saturated carbocycles. The van der Waals surface area contributed by atoms with Gasteiger partial charge in [-0.1, -0.05) is 23.7 Å². The first kappa shape index (κ1) is 29.5. The van der Waals surface area contributed by atoms with Crippen molar-refractivity contribution in [1.82, 2.24) is 20.5 Å². The zero-order valence-electron chi connectivity index (χ0n) is 20.8. The summed E-state index contributed by atoms with van der Waals surface area (Å²) in [6.45, 7) is -1.24. The summed E-state index contributed by atoms with van der Waals surface area (Å²) in [6.07, 6.45) is 0.540.